The van der Waals surface area contributed by atoms with Crippen LogP contribution in [-0.4, -0.2) is 63.3 Å². The highest BCUT2D eigenvalue weighted by Crippen LogP contribution is 2.30. The minimum atomic E-state index is 0.347. The molecule has 2 aromatic heterocycles. The maximum Gasteiger partial charge on any atom is 0.187 e. The zero-order valence-corrected chi connectivity index (χ0v) is 20.8. The molecule has 0 amide bonds. The van der Waals surface area contributed by atoms with E-state index in [0.717, 1.165) is 55.0 Å². The maximum absolute atomic E-state index is 5.76. The van der Waals surface area contributed by atoms with Crippen LogP contribution in [-0.2, 0) is 11.3 Å². The van der Waals surface area contributed by atoms with E-state index in [0.29, 0.717) is 12.0 Å². The smallest absolute Gasteiger partial charge is 0.187 e. The Labute approximate surface area is 205 Å². The Balaban J connectivity index is 1.24. The van der Waals surface area contributed by atoms with Gasteiger partial charge >= 0.3 is 0 Å². The van der Waals surface area contributed by atoms with E-state index in [4.69, 9.17) is 14.5 Å². The van der Waals surface area contributed by atoms with E-state index in [-0.39, 0.29) is 0 Å². The third-order valence-electron chi connectivity index (χ3n) is 6.68. The molecule has 180 valence electrons. The highest BCUT2D eigenvalue weighted by Gasteiger charge is 2.25. The van der Waals surface area contributed by atoms with Crippen molar-refractivity contribution in [1.82, 2.24) is 24.6 Å². The molecule has 8 heteroatoms. The van der Waals surface area contributed by atoms with Crippen LogP contribution in [0, 0.1) is 6.92 Å². The molecule has 1 aromatic carbocycles. The second kappa shape index (κ2) is 10.9. The summed E-state index contributed by atoms with van der Waals surface area (Å²) in [5.74, 6) is 2.20. The van der Waals surface area contributed by atoms with Gasteiger partial charge in [0.15, 0.2) is 5.16 Å². The van der Waals surface area contributed by atoms with E-state index >= 15 is 0 Å². The average Bonchev–Trinajstić information content (AvgIpc) is 3.56. The van der Waals surface area contributed by atoms with Crippen LogP contribution in [0.1, 0.15) is 48.4 Å². The van der Waals surface area contributed by atoms with E-state index in [9.17, 15) is 0 Å². The molecule has 0 bridgehead atoms. The van der Waals surface area contributed by atoms with Gasteiger partial charge in [-0.2, -0.15) is 5.10 Å². The third kappa shape index (κ3) is 5.45. The topological polar surface area (TPSA) is 65.3 Å². The standard InChI is InChI=1S/C26H33N5O2S/c1-19-13-27-26(34-18-22-8-6-12-33-22)29-25(19)21-7-5-11-30(17-21)15-20-14-28-31(16-20)23-9-3-4-10-24(23)32-2/h3-4,9-10,13-14,16,21-22H,5-8,11-12,15,17-18H2,1-2H3/t21-,22-/m1/s1. The molecule has 7 nitrogen and oxygen atoms in total. The van der Waals surface area contributed by atoms with Gasteiger partial charge in [0.2, 0.25) is 0 Å². The van der Waals surface area contributed by atoms with Gasteiger partial charge < -0.3 is 9.47 Å². The molecule has 0 saturated carbocycles. The third-order valence-corrected chi connectivity index (χ3v) is 7.67. The first kappa shape index (κ1) is 23.3. The summed E-state index contributed by atoms with van der Waals surface area (Å²) in [6, 6.07) is 7.97. The lowest BCUT2D eigenvalue weighted by atomic mass is 9.92. The number of hydrogen-bond donors (Lipinski definition) is 0. The Bertz CT molecular complexity index is 1100. The SMILES string of the molecule is COc1ccccc1-n1cc(CN2CCC[C@@H](c3nc(SC[C@H]4CCCO4)ncc3C)C2)cn1. The molecule has 2 atom stereocenters. The van der Waals surface area contributed by atoms with Crippen LogP contribution in [0.25, 0.3) is 5.69 Å². The number of ether oxygens (including phenoxy) is 2. The molecule has 0 radical (unpaired) electrons. The number of piperidine rings is 1. The monoisotopic (exact) mass is 479 g/mol. The van der Waals surface area contributed by atoms with E-state index in [2.05, 4.69) is 28.1 Å². The first-order chi connectivity index (χ1) is 16.7. The minimum absolute atomic E-state index is 0.347. The number of thioether (sulfide) groups is 1. The Kier molecular flexibility index (Phi) is 7.47. The number of aryl methyl sites for hydroxylation is 1. The molecular formula is C26H33N5O2S. The molecule has 2 fully saturated rings. The highest BCUT2D eigenvalue weighted by molar-refractivity contribution is 7.99. The average molecular weight is 480 g/mol. The zero-order valence-electron chi connectivity index (χ0n) is 20.0. The van der Waals surface area contributed by atoms with Gasteiger partial charge in [-0.05, 0) is 56.8 Å². The lowest BCUT2D eigenvalue weighted by Gasteiger charge is -2.32. The van der Waals surface area contributed by atoms with Gasteiger partial charge in [0.25, 0.3) is 0 Å². The van der Waals surface area contributed by atoms with E-state index in [1.54, 1.807) is 18.9 Å². The molecule has 34 heavy (non-hydrogen) atoms. The van der Waals surface area contributed by atoms with Crippen molar-refractivity contribution < 1.29 is 9.47 Å². The Hall–Kier alpha value is -2.42. The van der Waals surface area contributed by atoms with Crippen LogP contribution in [0.2, 0.25) is 0 Å². The van der Waals surface area contributed by atoms with Crippen molar-refractivity contribution in [2.75, 3.05) is 32.6 Å². The largest absolute Gasteiger partial charge is 0.494 e. The van der Waals surface area contributed by atoms with Crippen LogP contribution in [0.4, 0.5) is 0 Å². The Morgan fingerprint density at radius 2 is 2.09 bits per heavy atom. The summed E-state index contributed by atoms with van der Waals surface area (Å²) in [5, 5.41) is 5.47. The predicted molar refractivity (Wildman–Crippen MR) is 134 cm³/mol. The number of aromatic nitrogens is 4. The predicted octanol–water partition coefficient (Wildman–Crippen LogP) is 4.63. The van der Waals surface area contributed by atoms with Gasteiger partial charge in [-0.25, -0.2) is 14.6 Å². The fraction of sp³-hybridized carbons (Fsp3) is 0.500. The zero-order chi connectivity index (χ0) is 23.3. The molecule has 0 unspecified atom stereocenters. The summed E-state index contributed by atoms with van der Waals surface area (Å²) in [6.07, 6.45) is 11.1. The van der Waals surface area contributed by atoms with Crippen molar-refractivity contribution in [3.8, 4) is 11.4 Å². The van der Waals surface area contributed by atoms with Gasteiger partial charge in [-0.15, -0.1) is 0 Å². The molecule has 4 heterocycles. The second-order valence-corrected chi connectivity index (χ2v) is 10.2. The van der Waals surface area contributed by atoms with Crippen LogP contribution in [0.15, 0.2) is 48.0 Å². The van der Waals surface area contributed by atoms with Crippen molar-refractivity contribution in [2.45, 2.75) is 56.3 Å². The number of rotatable bonds is 8. The molecule has 5 rings (SSSR count). The van der Waals surface area contributed by atoms with E-state index < -0.39 is 0 Å². The summed E-state index contributed by atoms with van der Waals surface area (Å²) in [5.41, 5.74) is 4.56. The number of likely N-dealkylation sites (tertiary alicyclic amines) is 1. The molecular weight excluding hydrogens is 446 g/mol. The lowest BCUT2D eigenvalue weighted by molar-refractivity contribution is 0.129. The highest BCUT2D eigenvalue weighted by atomic mass is 32.2. The first-order valence-corrected chi connectivity index (χ1v) is 13.2. The summed E-state index contributed by atoms with van der Waals surface area (Å²) in [6.45, 7) is 6.02. The van der Waals surface area contributed by atoms with Gasteiger partial charge in [0.05, 0.1) is 25.1 Å². The number of hydrogen-bond acceptors (Lipinski definition) is 7. The molecule has 3 aromatic rings. The summed E-state index contributed by atoms with van der Waals surface area (Å²) >= 11 is 1.73. The number of benzene rings is 1. The molecule has 0 N–H and O–H groups in total. The molecule has 0 aliphatic carbocycles. The van der Waals surface area contributed by atoms with Gasteiger partial charge in [-0.3, -0.25) is 4.90 Å². The van der Waals surface area contributed by atoms with E-state index in [1.165, 1.54) is 36.1 Å². The summed E-state index contributed by atoms with van der Waals surface area (Å²) < 4.78 is 13.2. The van der Waals surface area contributed by atoms with Gasteiger partial charge in [0.1, 0.15) is 11.4 Å². The van der Waals surface area contributed by atoms with Crippen molar-refractivity contribution in [1.29, 1.82) is 0 Å². The summed E-state index contributed by atoms with van der Waals surface area (Å²) in [4.78, 5) is 12.1. The van der Waals surface area contributed by atoms with Crippen molar-refractivity contribution in [3.63, 3.8) is 0 Å². The van der Waals surface area contributed by atoms with Crippen molar-refractivity contribution >= 4 is 11.8 Å². The Morgan fingerprint density at radius 3 is 2.94 bits per heavy atom. The normalized spacial score (nSPS) is 21.1. The van der Waals surface area contributed by atoms with Gasteiger partial charge in [-0.1, -0.05) is 23.9 Å². The summed E-state index contributed by atoms with van der Waals surface area (Å²) in [7, 11) is 1.69. The van der Waals surface area contributed by atoms with Gasteiger partial charge in [0, 0.05) is 49.3 Å². The Morgan fingerprint density at radius 1 is 1.18 bits per heavy atom. The van der Waals surface area contributed by atoms with E-state index in [1.807, 2.05) is 41.3 Å². The minimum Gasteiger partial charge on any atom is -0.494 e. The van der Waals surface area contributed by atoms with Crippen LogP contribution in [0.5, 0.6) is 5.75 Å². The molecule has 2 aliphatic heterocycles. The number of methoxy groups -OCH3 is 1. The van der Waals surface area contributed by atoms with Crippen LogP contribution < -0.4 is 4.74 Å². The number of para-hydroxylation sites is 2. The fourth-order valence-corrected chi connectivity index (χ4v) is 5.83. The first-order valence-electron chi connectivity index (χ1n) is 12.2. The van der Waals surface area contributed by atoms with Crippen molar-refractivity contribution in [3.05, 3.63) is 59.7 Å². The second-order valence-electron chi connectivity index (χ2n) is 9.21. The van der Waals surface area contributed by atoms with Crippen LogP contribution in [0.3, 0.4) is 0 Å². The molecule has 2 saturated heterocycles. The lowest BCUT2D eigenvalue weighted by Crippen LogP contribution is -2.34. The number of nitrogens with zero attached hydrogens (tertiary/aromatic N) is 5. The fourth-order valence-electron chi connectivity index (χ4n) is 4.94. The molecule has 0 spiro atoms. The molecule has 2 aliphatic rings. The van der Waals surface area contributed by atoms with Crippen LogP contribution >= 0.6 is 11.8 Å². The maximum atomic E-state index is 5.76. The quantitative estimate of drug-likeness (QED) is 0.345. The van der Waals surface area contributed by atoms with Crippen molar-refractivity contribution in [2.24, 2.45) is 0 Å².